The van der Waals surface area contributed by atoms with E-state index in [1.165, 1.54) is 16.9 Å². The second-order valence-electron chi connectivity index (χ2n) is 6.20. The van der Waals surface area contributed by atoms with Crippen LogP contribution in [0.1, 0.15) is 41.7 Å². The number of aryl methyl sites for hydroxylation is 4. The largest absolute Gasteiger partial charge is 0.359 e. The fourth-order valence-corrected chi connectivity index (χ4v) is 4.65. The molecule has 0 saturated heterocycles. The molecule has 0 saturated carbocycles. The molecule has 0 unspecified atom stereocenters. The molecule has 3 aromatic heterocycles. The standard InChI is InChI=1S/C17H20N4O2S/c1-4-21-16(22)13-11-7-5-6-8-12(11)24-15(13)19-17(21)18-14-9(2)20-23-10(14)3/h4-8H2,1-3H3,(H,18,19). The summed E-state index contributed by atoms with van der Waals surface area (Å²) in [6.45, 7) is 6.25. The van der Waals surface area contributed by atoms with Gasteiger partial charge in [-0.3, -0.25) is 9.36 Å². The molecule has 126 valence electrons. The molecule has 6 nitrogen and oxygen atoms in total. The van der Waals surface area contributed by atoms with Crippen LogP contribution in [0.4, 0.5) is 11.6 Å². The fourth-order valence-electron chi connectivity index (χ4n) is 3.40. The Kier molecular flexibility index (Phi) is 3.68. The maximum Gasteiger partial charge on any atom is 0.263 e. The third-order valence-corrected chi connectivity index (χ3v) is 5.85. The summed E-state index contributed by atoms with van der Waals surface area (Å²) in [5.74, 6) is 1.25. The van der Waals surface area contributed by atoms with Crippen LogP contribution >= 0.6 is 11.3 Å². The molecule has 0 bridgehead atoms. The quantitative estimate of drug-likeness (QED) is 0.784. The molecule has 1 aliphatic rings. The lowest BCUT2D eigenvalue weighted by Crippen LogP contribution is -2.24. The summed E-state index contributed by atoms with van der Waals surface area (Å²) >= 11 is 1.66. The SMILES string of the molecule is CCn1c(Nc2c(C)noc2C)nc2sc3c(c2c1=O)CCCC3. The number of aromatic nitrogens is 3. The van der Waals surface area contributed by atoms with Crippen LogP contribution in [-0.4, -0.2) is 14.7 Å². The second kappa shape index (κ2) is 5.73. The van der Waals surface area contributed by atoms with Crippen molar-refractivity contribution < 1.29 is 4.52 Å². The predicted octanol–water partition coefficient (Wildman–Crippen LogP) is 3.71. The summed E-state index contributed by atoms with van der Waals surface area (Å²) < 4.78 is 6.90. The van der Waals surface area contributed by atoms with E-state index in [9.17, 15) is 4.79 Å². The summed E-state index contributed by atoms with van der Waals surface area (Å²) in [6.07, 6.45) is 4.41. The van der Waals surface area contributed by atoms with Crippen LogP contribution in [0.3, 0.4) is 0 Å². The monoisotopic (exact) mass is 344 g/mol. The number of hydrogen-bond donors (Lipinski definition) is 1. The summed E-state index contributed by atoms with van der Waals surface area (Å²) in [5, 5.41) is 8.03. The second-order valence-corrected chi connectivity index (χ2v) is 7.28. The van der Waals surface area contributed by atoms with Crippen molar-refractivity contribution in [2.45, 2.75) is 53.0 Å². The number of rotatable bonds is 3. The van der Waals surface area contributed by atoms with E-state index in [2.05, 4.69) is 10.5 Å². The van der Waals surface area contributed by atoms with Crippen LogP contribution in [0.2, 0.25) is 0 Å². The van der Waals surface area contributed by atoms with E-state index in [0.29, 0.717) is 18.3 Å². The van der Waals surface area contributed by atoms with Gasteiger partial charge in [0.15, 0.2) is 5.76 Å². The van der Waals surface area contributed by atoms with Gasteiger partial charge in [0.2, 0.25) is 5.95 Å². The van der Waals surface area contributed by atoms with E-state index >= 15 is 0 Å². The smallest absolute Gasteiger partial charge is 0.263 e. The number of thiophene rings is 1. The van der Waals surface area contributed by atoms with Gasteiger partial charge in [-0.2, -0.15) is 0 Å². The van der Waals surface area contributed by atoms with E-state index in [1.54, 1.807) is 15.9 Å². The van der Waals surface area contributed by atoms with E-state index in [0.717, 1.165) is 40.9 Å². The molecule has 0 aliphatic heterocycles. The lowest BCUT2D eigenvalue weighted by Gasteiger charge is -2.13. The molecule has 3 heterocycles. The van der Waals surface area contributed by atoms with Gasteiger partial charge in [0.05, 0.1) is 5.39 Å². The molecule has 0 amide bonds. The van der Waals surface area contributed by atoms with E-state index in [-0.39, 0.29) is 5.56 Å². The van der Waals surface area contributed by atoms with Crippen LogP contribution in [0.15, 0.2) is 9.32 Å². The molecule has 1 N–H and O–H groups in total. The first-order chi connectivity index (χ1) is 11.6. The highest BCUT2D eigenvalue weighted by molar-refractivity contribution is 7.18. The topological polar surface area (TPSA) is 73.0 Å². The first-order valence-electron chi connectivity index (χ1n) is 8.35. The zero-order valence-electron chi connectivity index (χ0n) is 14.1. The van der Waals surface area contributed by atoms with E-state index < -0.39 is 0 Å². The summed E-state index contributed by atoms with van der Waals surface area (Å²) in [4.78, 5) is 20.0. The minimum absolute atomic E-state index is 0.0520. The molecule has 3 aromatic rings. The molecular weight excluding hydrogens is 324 g/mol. The number of nitrogens with one attached hydrogen (secondary N) is 1. The van der Waals surface area contributed by atoms with Gasteiger partial charge in [0.25, 0.3) is 5.56 Å². The molecule has 0 aromatic carbocycles. The zero-order valence-corrected chi connectivity index (χ0v) is 14.9. The maximum absolute atomic E-state index is 13.1. The van der Waals surface area contributed by atoms with Gasteiger partial charge in [0, 0.05) is 11.4 Å². The van der Waals surface area contributed by atoms with Gasteiger partial charge in [0.1, 0.15) is 16.2 Å². The number of nitrogens with zero attached hydrogens (tertiary/aromatic N) is 3. The highest BCUT2D eigenvalue weighted by atomic mass is 32.1. The molecule has 7 heteroatoms. The van der Waals surface area contributed by atoms with Crippen LogP contribution in [0.25, 0.3) is 10.2 Å². The van der Waals surface area contributed by atoms with E-state index in [4.69, 9.17) is 9.51 Å². The van der Waals surface area contributed by atoms with Crippen molar-refractivity contribution >= 4 is 33.2 Å². The normalized spacial score (nSPS) is 14.1. The highest BCUT2D eigenvalue weighted by Gasteiger charge is 2.22. The molecule has 0 radical (unpaired) electrons. The first-order valence-corrected chi connectivity index (χ1v) is 9.16. The Labute approximate surface area is 143 Å². The molecule has 0 spiro atoms. The average Bonchev–Trinajstić information content (AvgIpc) is 3.09. The van der Waals surface area contributed by atoms with Gasteiger partial charge in [-0.05, 0) is 52.0 Å². The summed E-state index contributed by atoms with van der Waals surface area (Å²) in [6, 6.07) is 0. The minimum atomic E-state index is 0.0520. The molecule has 24 heavy (non-hydrogen) atoms. The van der Waals surface area contributed by atoms with Crippen molar-refractivity contribution in [3.63, 3.8) is 0 Å². The van der Waals surface area contributed by atoms with Gasteiger partial charge in [-0.1, -0.05) is 5.16 Å². The van der Waals surface area contributed by atoms with Crippen LogP contribution < -0.4 is 10.9 Å². The van der Waals surface area contributed by atoms with Crippen molar-refractivity contribution in [2.24, 2.45) is 0 Å². The maximum atomic E-state index is 13.1. The summed E-state index contributed by atoms with van der Waals surface area (Å²) in [7, 11) is 0. The summed E-state index contributed by atoms with van der Waals surface area (Å²) in [5.41, 5.74) is 2.82. The first kappa shape index (κ1) is 15.4. The minimum Gasteiger partial charge on any atom is -0.359 e. The van der Waals surface area contributed by atoms with Crippen LogP contribution in [0.5, 0.6) is 0 Å². The van der Waals surface area contributed by atoms with Gasteiger partial charge in [-0.15, -0.1) is 11.3 Å². The third-order valence-electron chi connectivity index (χ3n) is 4.66. The van der Waals surface area contributed by atoms with Gasteiger partial charge >= 0.3 is 0 Å². The Morgan fingerprint density at radius 3 is 2.79 bits per heavy atom. The average molecular weight is 344 g/mol. The van der Waals surface area contributed by atoms with Crippen molar-refractivity contribution in [3.8, 4) is 0 Å². The Balaban J connectivity index is 1.91. The Bertz CT molecular complexity index is 963. The van der Waals surface area contributed by atoms with E-state index in [1.807, 2.05) is 20.8 Å². The lowest BCUT2D eigenvalue weighted by atomic mass is 9.97. The van der Waals surface area contributed by atoms with Crippen molar-refractivity contribution in [2.75, 3.05) is 5.32 Å². The van der Waals surface area contributed by atoms with Crippen molar-refractivity contribution in [1.29, 1.82) is 0 Å². The Hall–Kier alpha value is -2.15. The van der Waals surface area contributed by atoms with Gasteiger partial charge < -0.3 is 9.84 Å². The van der Waals surface area contributed by atoms with Crippen molar-refractivity contribution in [1.82, 2.24) is 14.7 Å². The predicted molar refractivity (Wildman–Crippen MR) is 95.5 cm³/mol. The van der Waals surface area contributed by atoms with Crippen LogP contribution in [0, 0.1) is 13.8 Å². The number of anilines is 2. The highest BCUT2D eigenvalue weighted by Crippen LogP contribution is 2.34. The van der Waals surface area contributed by atoms with Gasteiger partial charge in [-0.25, -0.2) is 4.98 Å². The molecule has 1 aliphatic carbocycles. The zero-order chi connectivity index (χ0) is 16.8. The molecule has 0 fully saturated rings. The molecule has 4 rings (SSSR count). The Morgan fingerprint density at radius 1 is 1.29 bits per heavy atom. The van der Waals surface area contributed by atoms with Crippen molar-refractivity contribution in [3.05, 3.63) is 32.2 Å². The third kappa shape index (κ3) is 2.26. The fraction of sp³-hybridized carbons (Fsp3) is 0.471. The van der Waals surface area contributed by atoms with Crippen LogP contribution in [-0.2, 0) is 19.4 Å². The number of fused-ring (bicyclic) bond motifs is 3. The number of hydrogen-bond acceptors (Lipinski definition) is 6. The Morgan fingerprint density at radius 2 is 2.08 bits per heavy atom. The molecular formula is C17H20N4O2S. The molecule has 0 atom stereocenters. The lowest BCUT2D eigenvalue weighted by molar-refractivity contribution is 0.393.